The maximum atomic E-state index is 13.6. The fraction of sp³-hybridized carbons (Fsp3) is 0.250. The second-order valence-corrected chi connectivity index (χ2v) is 5.88. The number of nitrogen functional groups attached to an aromatic ring is 1. The third-order valence-corrected chi connectivity index (χ3v) is 3.59. The predicted octanol–water partition coefficient (Wildman–Crippen LogP) is 5.09. The van der Waals surface area contributed by atoms with Crippen LogP contribution in [0, 0.1) is 5.82 Å². The van der Waals surface area contributed by atoms with Crippen LogP contribution in [-0.4, -0.2) is 7.11 Å². The molecule has 0 aliphatic rings. The first-order valence-electron chi connectivity index (χ1n) is 6.52. The van der Waals surface area contributed by atoms with E-state index in [4.69, 9.17) is 15.2 Å². The topological polar surface area (TPSA) is 44.5 Å². The number of hydrogen-bond acceptors (Lipinski definition) is 3. The van der Waals surface area contributed by atoms with E-state index in [2.05, 4.69) is 29.8 Å². The van der Waals surface area contributed by atoms with Gasteiger partial charge in [-0.05, 0) is 29.7 Å². The molecule has 2 aromatic rings. The van der Waals surface area contributed by atoms with Crippen molar-refractivity contribution in [3.8, 4) is 17.2 Å². The van der Waals surface area contributed by atoms with Gasteiger partial charge in [-0.1, -0.05) is 29.8 Å². The summed E-state index contributed by atoms with van der Waals surface area (Å²) in [5.41, 5.74) is 7.08. The molecular weight excluding hydrogens is 337 g/mol. The third-order valence-electron chi connectivity index (χ3n) is 3.10. The molecule has 2 rings (SSSR count). The van der Waals surface area contributed by atoms with E-state index in [1.807, 2.05) is 18.2 Å². The molecule has 0 atom stereocenters. The molecule has 0 radical (unpaired) electrons. The lowest BCUT2D eigenvalue weighted by atomic mass is 10.0. The van der Waals surface area contributed by atoms with Crippen LogP contribution in [0.5, 0.6) is 17.2 Å². The Bertz CT molecular complexity index is 659. The van der Waals surface area contributed by atoms with Crippen molar-refractivity contribution in [2.24, 2.45) is 0 Å². The van der Waals surface area contributed by atoms with Gasteiger partial charge in [0.25, 0.3) is 0 Å². The second kappa shape index (κ2) is 6.35. The molecule has 21 heavy (non-hydrogen) atoms. The Kier molecular flexibility index (Phi) is 4.73. The van der Waals surface area contributed by atoms with E-state index in [1.54, 1.807) is 0 Å². The van der Waals surface area contributed by atoms with Crippen LogP contribution in [0.1, 0.15) is 25.3 Å². The van der Waals surface area contributed by atoms with Crippen LogP contribution in [-0.2, 0) is 0 Å². The number of halogens is 2. The number of methoxy groups -OCH3 is 1. The molecule has 5 heteroatoms. The second-order valence-electron chi connectivity index (χ2n) is 4.96. The molecule has 2 aromatic carbocycles. The van der Waals surface area contributed by atoms with Gasteiger partial charge in [0.15, 0.2) is 17.3 Å². The summed E-state index contributed by atoms with van der Waals surface area (Å²) in [6.07, 6.45) is 0. The van der Waals surface area contributed by atoms with Crippen molar-refractivity contribution in [1.82, 2.24) is 0 Å². The lowest BCUT2D eigenvalue weighted by Gasteiger charge is -2.16. The predicted molar refractivity (Wildman–Crippen MR) is 85.7 cm³/mol. The van der Waals surface area contributed by atoms with Crippen LogP contribution in [0.15, 0.2) is 34.8 Å². The minimum absolute atomic E-state index is 0.0995. The lowest BCUT2D eigenvalue weighted by Crippen LogP contribution is -1.99. The molecule has 0 heterocycles. The normalized spacial score (nSPS) is 10.8. The van der Waals surface area contributed by atoms with Gasteiger partial charge in [0.2, 0.25) is 0 Å². The minimum Gasteiger partial charge on any atom is -0.494 e. The number of rotatable bonds is 4. The van der Waals surface area contributed by atoms with Crippen molar-refractivity contribution in [3.63, 3.8) is 0 Å². The van der Waals surface area contributed by atoms with Crippen LogP contribution in [0.2, 0.25) is 0 Å². The standard InChI is InChI=1S/C16H17BrFNO2/c1-9(2)11-6-10(17)4-5-14(11)21-16-8-15(20-3)12(18)7-13(16)19/h4-9H,19H2,1-3H3. The molecule has 0 amide bonds. The molecule has 0 aliphatic heterocycles. The Hall–Kier alpha value is -1.75. The van der Waals surface area contributed by atoms with Crippen molar-refractivity contribution in [1.29, 1.82) is 0 Å². The van der Waals surface area contributed by atoms with Crippen molar-refractivity contribution in [2.75, 3.05) is 12.8 Å². The van der Waals surface area contributed by atoms with Gasteiger partial charge in [0.05, 0.1) is 12.8 Å². The van der Waals surface area contributed by atoms with Gasteiger partial charge in [-0.25, -0.2) is 4.39 Å². The lowest BCUT2D eigenvalue weighted by molar-refractivity contribution is 0.381. The molecule has 3 nitrogen and oxygen atoms in total. The van der Waals surface area contributed by atoms with Crippen LogP contribution >= 0.6 is 15.9 Å². The van der Waals surface area contributed by atoms with Gasteiger partial charge in [-0.15, -0.1) is 0 Å². The maximum Gasteiger partial charge on any atom is 0.167 e. The zero-order valence-corrected chi connectivity index (χ0v) is 13.7. The van der Waals surface area contributed by atoms with E-state index in [9.17, 15) is 4.39 Å². The molecule has 112 valence electrons. The van der Waals surface area contributed by atoms with E-state index in [0.717, 1.165) is 10.0 Å². The first-order valence-corrected chi connectivity index (χ1v) is 7.32. The largest absolute Gasteiger partial charge is 0.494 e. The van der Waals surface area contributed by atoms with Crippen molar-refractivity contribution >= 4 is 21.6 Å². The molecule has 0 aromatic heterocycles. The molecule has 0 unspecified atom stereocenters. The fourth-order valence-electron chi connectivity index (χ4n) is 1.98. The highest BCUT2D eigenvalue weighted by molar-refractivity contribution is 9.10. The number of hydrogen-bond donors (Lipinski definition) is 1. The van der Waals surface area contributed by atoms with Gasteiger partial charge in [0, 0.05) is 16.6 Å². The number of nitrogens with two attached hydrogens (primary N) is 1. The fourth-order valence-corrected chi connectivity index (χ4v) is 2.36. The van der Waals surface area contributed by atoms with Crippen LogP contribution < -0.4 is 15.2 Å². The van der Waals surface area contributed by atoms with Crippen LogP contribution in [0.4, 0.5) is 10.1 Å². The summed E-state index contributed by atoms with van der Waals surface area (Å²) in [4.78, 5) is 0. The molecule has 2 N–H and O–H groups in total. The molecule has 0 bridgehead atoms. The summed E-state index contributed by atoms with van der Waals surface area (Å²) in [7, 11) is 1.40. The number of anilines is 1. The maximum absolute atomic E-state index is 13.6. The highest BCUT2D eigenvalue weighted by atomic mass is 79.9. The van der Waals surface area contributed by atoms with E-state index < -0.39 is 5.82 Å². The molecule has 0 aliphatic carbocycles. The van der Waals surface area contributed by atoms with Crippen LogP contribution in [0.25, 0.3) is 0 Å². The first-order chi connectivity index (χ1) is 9.92. The summed E-state index contributed by atoms with van der Waals surface area (Å²) in [6.45, 7) is 4.15. The Balaban J connectivity index is 2.43. The van der Waals surface area contributed by atoms with Crippen molar-refractivity contribution in [3.05, 3.63) is 46.2 Å². The van der Waals surface area contributed by atoms with Crippen LogP contribution in [0.3, 0.4) is 0 Å². The monoisotopic (exact) mass is 353 g/mol. The van der Waals surface area contributed by atoms with Gasteiger partial charge >= 0.3 is 0 Å². The first kappa shape index (κ1) is 15.6. The summed E-state index contributed by atoms with van der Waals surface area (Å²) in [5, 5.41) is 0. The van der Waals surface area contributed by atoms with E-state index in [1.165, 1.54) is 19.2 Å². The summed E-state index contributed by atoms with van der Waals surface area (Å²) in [6, 6.07) is 8.39. The average molecular weight is 354 g/mol. The SMILES string of the molecule is COc1cc(Oc2ccc(Br)cc2C(C)C)c(N)cc1F. The molecular formula is C16H17BrFNO2. The van der Waals surface area contributed by atoms with Gasteiger partial charge in [-0.3, -0.25) is 0 Å². The smallest absolute Gasteiger partial charge is 0.167 e. The molecule has 0 fully saturated rings. The van der Waals surface area contributed by atoms with E-state index >= 15 is 0 Å². The van der Waals surface area contributed by atoms with Gasteiger partial charge in [-0.2, -0.15) is 0 Å². The number of ether oxygens (including phenoxy) is 2. The van der Waals surface area contributed by atoms with Gasteiger partial charge < -0.3 is 15.2 Å². The van der Waals surface area contributed by atoms with Crippen molar-refractivity contribution in [2.45, 2.75) is 19.8 Å². The summed E-state index contributed by atoms with van der Waals surface area (Å²) < 4.78 is 25.4. The summed E-state index contributed by atoms with van der Waals surface area (Å²) in [5.74, 6) is 0.928. The summed E-state index contributed by atoms with van der Waals surface area (Å²) >= 11 is 3.45. The Morgan fingerprint density at radius 1 is 1.10 bits per heavy atom. The molecule has 0 saturated heterocycles. The zero-order valence-electron chi connectivity index (χ0n) is 12.1. The minimum atomic E-state index is -0.512. The Labute approximate surface area is 132 Å². The third kappa shape index (κ3) is 3.47. The Morgan fingerprint density at radius 3 is 2.43 bits per heavy atom. The molecule has 0 spiro atoms. The van der Waals surface area contributed by atoms with Crippen molar-refractivity contribution < 1.29 is 13.9 Å². The quantitative estimate of drug-likeness (QED) is 0.778. The van der Waals surface area contributed by atoms with Gasteiger partial charge in [0.1, 0.15) is 5.75 Å². The number of benzene rings is 2. The highest BCUT2D eigenvalue weighted by Gasteiger charge is 2.14. The Morgan fingerprint density at radius 2 is 1.81 bits per heavy atom. The average Bonchev–Trinajstić information content (AvgIpc) is 2.43. The zero-order chi connectivity index (χ0) is 15.6. The molecule has 0 saturated carbocycles. The van der Waals surface area contributed by atoms with E-state index in [0.29, 0.717) is 11.5 Å². The highest BCUT2D eigenvalue weighted by Crippen LogP contribution is 2.37. The van der Waals surface area contributed by atoms with E-state index in [-0.39, 0.29) is 17.4 Å².